The second-order valence-electron chi connectivity index (χ2n) is 5.99. The summed E-state index contributed by atoms with van der Waals surface area (Å²) < 4.78 is 5.19. The number of piperidine rings is 1. The fraction of sp³-hybridized carbons (Fsp3) is 0.857. The van der Waals surface area contributed by atoms with Crippen LogP contribution in [0.5, 0.6) is 0 Å². The van der Waals surface area contributed by atoms with Gasteiger partial charge in [-0.2, -0.15) is 0 Å². The van der Waals surface area contributed by atoms with Crippen LogP contribution >= 0.6 is 0 Å². The molecule has 2 aliphatic rings. The molecule has 2 amide bonds. The van der Waals surface area contributed by atoms with Crippen molar-refractivity contribution in [3.63, 3.8) is 0 Å². The zero-order chi connectivity index (χ0) is 15.5. The number of aliphatic hydroxyl groups excluding tert-OH is 1. The Morgan fingerprint density at radius 3 is 2.33 bits per heavy atom. The van der Waals surface area contributed by atoms with Crippen LogP contribution in [0.1, 0.15) is 32.6 Å². The molecule has 0 radical (unpaired) electrons. The lowest BCUT2D eigenvalue weighted by Gasteiger charge is -2.38. The Morgan fingerprint density at radius 1 is 1.29 bits per heavy atom. The van der Waals surface area contributed by atoms with E-state index in [2.05, 4.69) is 5.32 Å². The first-order valence-corrected chi connectivity index (χ1v) is 7.51. The molecule has 0 aliphatic carbocycles. The number of ether oxygens (including phenoxy) is 1. The molecule has 2 heterocycles. The number of hydrogen-bond donors (Lipinski definition) is 3. The third-order valence-electron chi connectivity index (χ3n) is 4.61. The molecule has 7 heteroatoms. The van der Waals surface area contributed by atoms with Crippen LogP contribution in [0.4, 0.5) is 4.79 Å². The number of likely N-dealkylation sites (tertiary alicyclic amines) is 1. The van der Waals surface area contributed by atoms with E-state index in [0.29, 0.717) is 26.3 Å². The van der Waals surface area contributed by atoms with Crippen molar-refractivity contribution in [1.29, 1.82) is 0 Å². The number of carboxylic acids is 1. The van der Waals surface area contributed by atoms with Crippen LogP contribution in [-0.2, 0) is 9.53 Å². The smallest absolute Gasteiger partial charge is 0.329 e. The van der Waals surface area contributed by atoms with Crippen LogP contribution in [-0.4, -0.2) is 65.1 Å². The van der Waals surface area contributed by atoms with Crippen LogP contribution in [0, 0.1) is 5.92 Å². The number of aliphatic carboxylic acids is 1. The quantitative estimate of drug-likeness (QED) is 0.701. The maximum Gasteiger partial charge on any atom is 0.329 e. The first-order chi connectivity index (χ1) is 9.94. The van der Waals surface area contributed by atoms with Crippen molar-refractivity contribution >= 4 is 12.0 Å². The van der Waals surface area contributed by atoms with Crippen molar-refractivity contribution < 1.29 is 24.5 Å². The van der Waals surface area contributed by atoms with Crippen LogP contribution in [0.15, 0.2) is 0 Å². The van der Waals surface area contributed by atoms with Gasteiger partial charge in [0.15, 0.2) is 0 Å². The zero-order valence-electron chi connectivity index (χ0n) is 12.4. The highest BCUT2D eigenvalue weighted by Crippen LogP contribution is 2.24. The van der Waals surface area contributed by atoms with Crippen LogP contribution in [0.25, 0.3) is 0 Å². The highest BCUT2D eigenvalue weighted by atomic mass is 16.5. The Hall–Kier alpha value is -1.34. The summed E-state index contributed by atoms with van der Waals surface area (Å²) in [6.45, 7) is 3.55. The average Bonchev–Trinajstić information content (AvgIpc) is 2.48. The van der Waals surface area contributed by atoms with Crippen molar-refractivity contribution in [3.8, 4) is 0 Å². The summed E-state index contributed by atoms with van der Waals surface area (Å²) in [5.41, 5.74) is -1.21. The Balaban J connectivity index is 1.93. The largest absolute Gasteiger partial charge is 0.480 e. The van der Waals surface area contributed by atoms with Gasteiger partial charge in [-0.25, -0.2) is 9.59 Å². The molecule has 3 N–H and O–H groups in total. The van der Waals surface area contributed by atoms with Gasteiger partial charge in [0.2, 0.25) is 0 Å². The van der Waals surface area contributed by atoms with E-state index in [1.807, 2.05) is 0 Å². The molecule has 21 heavy (non-hydrogen) atoms. The molecule has 0 saturated carbocycles. The molecule has 0 aromatic rings. The van der Waals surface area contributed by atoms with Crippen LogP contribution in [0.2, 0.25) is 0 Å². The van der Waals surface area contributed by atoms with Gasteiger partial charge in [-0.1, -0.05) is 0 Å². The molecule has 0 aromatic heterocycles. The summed E-state index contributed by atoms with van der Waals surface area (Å²) in [6, 6.07) is -0.330. The van der Waals surface area contributed by atoms with E-state index in [9.17, 15) is 19.8 Å². The summed E-state index contributed by atoms with van der Waals surface area (Å²) in [6.07, 6.45) is 1.70. The molecule has 7 nitrogen and oxygen atoms in total. The molecular formula is C14H24N2O5. The second-order valence-corrected chi connectivity index (χ2v) is 5.99. The lowest BCUT2D eigenvalue weighted by Crippen LogP contribution is -2.61. The number of nitrogens with zero attached hydrogens (tertiary/aromatic N) is 1. The lowest BCUT2D eigenvalue weighted by atomic mass is 9.90. The predicted molar refractivity (Wildman–Crippen MR) is 74.9 cm³/mol. The first kappa shape index (κ1) is 16.0. The SMILES string of the molecule is CC(O)C1CCN(C(=O)NC2(C(=O)O)CCOCC2)CC1. The highest BCUT2D eigenvalue weighted by molar-refractivity contribution is 5.86. The van der Waals surface area contributed by atoms with Crippen molar-refractivity contribution in [1.82, 2.24) is 10.2 Å². The van der Waals surface area contributed by atoms with Crippen molar-refractivity contribution in [2.45, 2.75) is 44.2 Å². The van der Waals surface area contributed by atoms with Gasteiger partial charge in [-0.3, -0.25) is 0 Å². The molecule has 0 spiro atoms. The van der Waals surface area contributed by atoms with Crippen molar-refractivity contribution in [3.05, 3.63) is 0 Å². The van der Waals surface area contributed by atoms with Gasteiger partial charge in [0, 0.05) is 39.1 Å². The average molecular weight is 300 g/mol. The van der Waals surface area contributed by atoms with E-state index < -0.39 is 11.5 Å². The topological polar surface area (TPSA) is 99.1 Å². The van der Waals surface area contributed by atoms with E-state index in [1.54, 1.807) is 11.8 Å². The number of carboxylic acid groups (broad SMARTS) is 1. The standard InChI is InChI=1S/C14H24N2O5/c1-10(17)11-2-6-16(7-3-11)13(20)15-14(12(18)19)4-8-21-9-5-14/h10-11,17H,2-9H2,1H3,(H,15,20)(H,18,19). The van der Waals surface area contributed by atoms with E-state index in [4.69, 9.17) is 4.74 Å². The second kappa shape index (κ2) is 6.62. The summed E-state index contributed by atoms with van der Waals surface area (Å²) in [5, 5.41) is 21.7. The van der Waals surface area contributed by atoms with Gasteiger partial charge in [-0.15, -0.1) is 0 Å². The number of carbonyl (C=O) groups excluding carboxylic acids is 1. The fourth-order valence-corrected chi connectivity index (χ4v) is 2.98. The number of urea groups is 1. The van der Waals surface area contributed by atoms with Crippen LogP contribution in [0.3, 0.4) is 0 Å². The molecule has 2 rings (SSSR count). The molecule has 0 aromatic carbocycles. The molecule has 2 saturated heterocycles. The summed E-state index contributed by atoms with van der Waals surface area (Å²) in [7, 11) is 0. The number of carbonyl (C=O) groups is 2. The highest BCUT2D eigenvalue weighted by Gasteiger charge is 2.42. The van der Waals surface area contributed by atoms with E-state index in [0.717, 1.165) is 12.8 Å². The molecule has 120 valence electrons. The third kappa shape index (κ3) is 3.65. The minimum Gasteiger partial charge on any atom is -0.480 e. The first-order valence-electron chi connectivity index (χ1n) is 7.51. The third-order valence-corrected chi connectivity index (χ3v) is 4.61. The molecule has 1 atom stereocenters. The lowest BCUT2D eigenvalue weighted by molar-refractivity contribution is -0.148. The molecule has 2 fully saturated rings. The molecule has 0 bridgehead atoms. The fourth-order valence-electron chi connectivity index (χ4n) is 2.98. The minimum absolute atomic E-state index is 0.213. The van der Waals surface area contributed by atoms with E-state index >= 15 is 0 Å². The normalized spacial score (nSPS) is 24.4. The monoisotopic (exact) mass is 300 g/mol. The molecule has 2 aliphatic heterocycles. The summed E-state index contributed by atoms with van der Waals surface area (Å²) >= 11 is 0. The van der Waals surface area contributed by atoms with Crippen LogP contribution < -0.4 is 5.32 Å². The van der Waals surface area contributed by atoms with Gasteiger partial charge in [-0.05, 0) is 25.7 Å². The number of nitrogens with one attached hydrogen (secondary N) is 1. The number of amides is 2. The Bertz CT molecular complexity index is 385. The summed E-state index contributed by atoms with van der Waals surface area (Å²) in [4.78, 5) is 25.5. The molecule has 1 unspecified atom stereocenters. The Morgan fingerprint density at radius 2 is 1.86 bits per heavy atom. The maximum atomic E-state index is 12.3. The van der Waals surface area contributed by atoms with Crippen molar-refractivity contribution in [2.75, 3.05) is 26.3 Å². The zero-order valence-corrected chi connectivity index (χ0v) is 12.4. The number of rotatable bonds is 3. The maximum absolute atomic E-state index is 12.3. The van der Waals surface area contributed by atoms with Crippen molar-refractivity contribution in [2.24, 2.45) is 5.92 Å². The van der Waals surface area contributed by atoms with E-state index in [1.165, 1.54) is 0 Å². The van der Waals surface area contributed by atoms with Gasteiger partial charge >= 0.3 is 12.0 Å². The summed E-state index contributed by atoms with van der Waals surface area (Å²) in [5.74, 6) is -0.788. The van der Waals surface area contributed by atoms with Gasteiger partial charge in [0.05, 0.1) is 6.10 Å². The Labute approximate surface area is 124 Å². The van der Waals surface area contributed by atoms with Gasteiger partial charge < -0.3 is 25.2 Å². The van der Waals surface area contributed by atoms with Gasteiger partial charge in [0.1, 0.15) is 5.54 Å². The Kier molecular flexibility index (Phi) is 5.05. The van der Waals surface area contributed by atoms with Gasteiger partial charge in [0.25, 0.3) is 0 Å². The number of aliphatic hydroxyl groups is 1. The van der Waals surface area contributed by atoms with E-state index in [-0.39, 0.29) is 30.9 Å². The molecular weight excluding hydrogens is 276 g/mol. The minimum atomic E-state index is -1.21. The predicted octanol–water partition coefficient (Wildman–Crippen LogP) is 0.423. The number of hydrogen-bond acceptors (Lipinski definition) is 4.